The van der Waals surface area contributed by atoms with E-state index in [2.05, 4.69) is 16.4 Å². The molecular formula is C24H23N5O2. The molecule has 3 aliphatic rings. The van der Waals surface area contributed by atoms with Crippen LogP contribution in [0.4, 0.5) is 5.69 Å². The summed E-state index contributed by atoms with van der Waals surface area (Å²) in [5.74, 6) is -0.560. The lowest BCUT2D eigenvalue weighted by atomic mass is 9.94. The SMILES string of the molecule is N#Cc1ccccc1C(=O)N1[C@H]2CC[C@H]1CC(Nc1c(C(N)=O)cnc3c1C=CC3)C2. The Kier molecular flexibility index (Phi) is 4.70. The van der Waals surface area contributed by atoms with Crippen LogP contribution in [-0.2, 0) is 6.42 Å². The number of piperidine rings is 1. The van der Waals surface area contributed by atoms with Crippen molar-refractivity contribution >= 4 is 23.6 Å². The number of carbonyl (C=O) groups excluding carboxylic acids is 2. The lowest BCUT2D eigenvalue weighted by molar-refractivity contribution is 0.0582. The maximum Gasteiger partial charge on any atom is 0.255 e. The monoisotopic (exact) mass is 413 g/mol. The summed E-state index contributed by atoms with van der Waals surface area (Å²) in [6.45, 7) is 0. The summed E-state index contributed by atoms with van der Waals surface area (Å²) in [5, 5.41) is 13.0. The van der Waals surface area contributed by atoms with Crippen LogP contribution in [0.15, 0.2) is 36.5 Å². The molecule has 3 heterocycles. The number of nitrogens with two attached hydrogens (primary N) is 1. The maximum atomic E-state index is 13.3. The number of anilines is 1. The Labute approximate surface area is 180 Å². The van der Waals surface area contributed by atoms with Gasteiger partial charge in [-0.15, -0.1) is 0 Å². The summed E-state index contributed by atoms with van der Waals surface area (Å²) in [5.41, 5.74) is 9.53. The number of fused-ring (bicyclic) bond motifs is 3. The second-order valence-electron chi connectivity index (χ2n) is 8.45. The Morgan fingerprint density at radius 3 is 2.61 bits per heavy atom. The van der Waals surface area contributed by atoms with E-state index in [1.54, 1.807) is 30.5 Å². The zero-order chi connectivity index (χ0) is 21.5. The molecule has 2 aliphatic heterocycles. The first-order valence-electron chi connectivity index (χ1n) is 10.6. The molecule has 1 aromatic carbocycles. The van der Waals surface area contributed by atoms with Crippen molar-refractivity contribution in [2.45, 2.75) is 50.2 Å². The smallest absolute Gasteiger partial charge is 0.255 e. The van der Waals surface area contributed by atoms with E-state index >= 15 is 0 Å². The molecule has 0 saturated carbocycles. The van der Waals surface area contributed by atoms with E-state index in [-0.39, 0.29) is 24.0 Å². The van der Waals surface area contributed by atoms with Crippen molar-refractivity contribution in [3.05, 3.63) is 64.5 Å². The zero-order valence-electron chi connectivity index (χ0n) is 17.0. The lowest BCUT2D eigenvalue weighted by Gasteiger charge is -2.40. The number of benzene rings is 1. The molecule has 1 aromatic heterocycles. The largest absolute Gasteiger partial charge is 0.381 e. The van der Waals surface area contributed by atoms with Gasteiger partial charge in [-0.3, -0.25) is 14.6 Å². The average Bonchev–Trinajstić information content (AvgIpc) is 3.36. The van der Waals surface area contributed by atoms with Gasteiger partial charge in [0.05, 0.1) is 34.1 Å². The Bertz CT molecular complexity index is 1140. The summed E-state index contributed by atoms with van der Waals surface area (Å²) < 4.78 is 0. The number of allylic oxidation sites excluding steroid dienone is 1. The van der Waals surface area contributed by atoms with Crippen LogP contribution in [0.3, 0.4) is 0 Å². The Hall–Kier alpha value is -3.66. The van der Waals surface area contributed by atoms with Gasteiger partial charge in [0.1, 0.15) is 0 Å². The van der Waals surface area contributed by atoms with Gasteiger partial charge in [0.2, 0.25) is 0 Å². The molecule has 1 aliphatic carbocycles. The van der Waals surface area contributed by atoms with Gasteiger partial charge in [0.15, 0.2) is 0 Å². The first-order chi connectivity index (χ1) is 15.1. The average molecular weight is 413 g/mol. The molecule has 2 amide bonds. The van der Waals surface area contributed by atoms with Crippen molar-refractivity contribution in [1.82, 2.24) is 9.88 Å². The number of amides is 2. The number of hydrogen-bond donors (Lipinski definition) is 2. The first-order valence-corrected chi connectivity index (χ1v) is 10.6. The number of nitriles is 1. The second kappa shape index (κ2) is 7.55. The second-order valence-corrected chi connectivity index (χ2v) is 8.45. The minimum absolute atomic E-state index is 0.0614. The fourth-order valence-corrected chi connectivity index (χ4v) is 5.28. The van der Waals surface area contributed by atoms with Crippen molar-refractivity contribution in [2.75, 3.05) is 5.32 Å². The number of carbonyl (C=O) groups is 2. The summed E-state index contributed by atoms with van der Waals surface area (Å²) >= 11 is 0. The molecule has 2 saturated heterocycles. The number of rotatable bonds is 4. The molecule has 0 unspecified atom stereocenters. The summed E-state index contributed by atoms with van der Waals surface area (Å²) in [6, 6.07) is 9.48. The minimum Gasteiger partial charge on any atom is -0.381 e. The Morgan fingerprint density at radius 2 is 1.90 bits per heavy atom. The Balaban J connectivity index is 1.39. The van der Waals surface area contributed by atoms with E-state index in [0.29, 0.717) is 16.7 Å². The minimum atomic E-state index is -0.498. The van der Waals surface area contributed by atoms with Gasteiger partial charge in [0, 0.05) is 36.3 Å². The molecule has 0 spiro atoms. The number of aromatic nitrogens is 1. The highest BCUT2D eigenvalue weighted by molar-refractivity contribution is 6.00. The van der Waals surface area contributed by atoms with Crippen molar-refractivity contribution in [2.24, 2.45) is 5.73 Å². The van der Waals surface area contributed by atoms with Crippen molar-refractivity contribution in [3.8, 4) is 6.07 Å². The van der Waals surface area contributed by atoms with Crippen LogP contribution in [0.2, 0.25) is 0 Å². The Morgan fingerprint density at radius 1 is 1.16 bits per heavy atom. The molecule has 2 fully saturated rings. The zero-order valence-corrected chi connectivity index (χ0v) is 17.0. The third-order valence-electron chi connectivity index (χ3n) is 6.65. The molecule has 31 heavy (non-hydrogen) atoms. The number of primary amides is 1. The summed E-state index contributed by atoms with van der Waals surface area (Å²) in [4.78, 5) is 31.6. The van der Waals surface area contributed by atoms with Gasteiger partial charge < -0.3 is 16.0 Å². The van der Waals surface area contributed by atoms with Crippen molar-refractivity contribution in [1.29, 1.82) is 5.26 Å². The lowest BCUT2D eigenvalue weighted by Crippen LogP contribution is -2.50. The molecule has 2 bridgehead atoms. The van der Waals surface area contributed by atoms with Crippen LogP contribution < -0.4 is 11.1 Å². The van der Waals surface area contributed by atoms with Crippen LogP contribution in [0.1, 0.15) is 63.2 Å². The van der Waals surface area contributed by atoms with E-state index in [1.807, 2.05) is 17.1 Å². The molecule has 2 atom stereocenters. The molecule has 7 nitrogen and oxygen atoms in total. The first kappa shape index (κ1) is 19.3. The highest BCUT2D eigenvalue weighted by Gasteiger charge is 2.44. The predicted molar refractivity (Wildman–Crippen MR) is 116 cm³/mol. The van der Waals surface area contributed by atoms with E-state index in [9.17, 15) is 14.9 Å². The third kappa shape index (κ3) is 3.25. The molecule has 0 radical (unpaired) electrons. The van der Waals surface area contributed by atoms with Gasteiger partial charge in [-0.2, -0.15) is 5.26 Å². The summed E-state index contributed by atoms with van der Waals surface area (Å²) in [6.07, 6.45) is 9.79. The number of hydrogen-bond acceptors (Lipinski definition) is 5. The fraction of sp³-hybridized carbons (Fsp3) is 0.333. The van der Waals surface area contributed by atoms with Gasteiger partial charge in [-0.1, -0.05) is 24.3 Å². The number of pyridine rings is 1. The number of nitrogens with zero attached hydrogens (tertiary/aromatic N) is 3. The topological polar surface area (TPSA) is 112 Å². The van der Waals surface area contributed by atoms with Gasteiger partial charge in [0.25, 0.3) is 11.8 Å². The van der Waals surface area contributed by atoms with Crippen LogP contribution in [0, 0.1) is 11.3 Å². The van der Waals surface area contributed by atoms with Crippen LogP contribution in [0.25, 0.3) is 6.08 Å². The standard InChI is InChI=1S/C24H23N5O2/c25-12-14-4-1-2-5-18(14)24(31)29-16-8-9-17(29)11-15(10-16)28-22-19-6-3-7-21(19)27-13-20(22)23(26)30/h1-6,13,15-17H,7-11H2,(H2,26,30)(H,27,28)/t16-,17-/m0/s1. The van der Waals surface area contributed by atoms with Crippen molar-refractivity contribution < 1.29 is 9.59 Å². The van der Waals surface area contributed by atoms with E-state index in [4.69, 9.17) is 5.73 Å². The van der Waals surface area contributed by atoms with Crippen LogP contribution >= 0.6 is 0 Å². The molecule has 3 N–H and O–H groups in total. The molecular weight excluding hydrogens is 390 g/mol. The molecule has 156 valence electrons. The van der Waals surface area contributed by atoms with Crippen LogP contribution in [-0.4, -0.2) is 39.8 Å². The summed E-state index contributed by atoms with van der Waals surface area (Å²) in [7, 11) is 0. The highest BCUT2D eigenvalue weighted by Crippen LogP contribution is 2.39. The predicted octanol–water partition coefficient (Wildman–Crippen LogP) is 2.87. The normalized spacial score (nSPS) is 23.3. The maximum absolute atomic E-state index is 13.3. The van der Waals surface area contributed by atoms with E-state index < -0.39 is 5.91 Å². The molecule has 7 heteroatoms. The van der Waals surface area contributed by atoms with E-state index in [0.717, 1.165) is 49.0 Å². The molecule has 5 rings (SSSR count). The fourth-order valence-electron chi connectivity index (χ4n) is 5.28. The molecule has 2 aromatic rings. The third-order valence-corrected chi connectivity index (χ3v) is 6.65. The van der Waals surface area contributed by atoms with Gasteiger partial charge in [-0.05, 0) is 37.8 Å². The van der Waals surface area contributed by atoms with Gasteiger partial charge in [-0.25, -0.2) is 0 Å². The van der Waals surface area contributed by atoms with E-state index in [1.165, 1.54) is 0 Å². The van der Waals surface area contributed by atoms with Gasteiger partial charge >= 0.3 is 0 Å². The quantitative estimate of drug-likeness (QED) is 0.800. The number of nitrogens with one attached hydrogen (secondary N) is 1. The van der Waals surface area contributed by atoms with Crippen molar-refractivity contribution in [3.63, 3.8) is 0 Å². The van der Waals surface area contributed by atoms with Crippen LogP contribution in [0.5, 0.6) is 0 Å². The highest BCUT2D eigenvalue weighted by atomic mass is 16.2.